The summed E-state index contributed by atoms with van der Waals surface area (Å²) in [7, 11) is 3.04. The Kier molecular flexibility index (Phi) is 6.44. The van der Waals surface area contributed by atoms with Crippen LogP contribution >= 0.6 is 0 Å². The Morgan fingerprint density at radius 2 is 1.91 bits per heavy atom. The summed E-state index contributed by atoms with van der Waals surface area (Å²) in [6.07, 6.45) is 6.19. The standard InChI is InChI=1S/C25H25N5O3/c1-5-23(31)18-8-6-7-17(11-18)14-30-10-9-19(15-30)20-12-22(29-28-16(20)2)21-13-26-25(33-4)27-24(21)32-3/h6-13,15H,5,14H2,1-4H3. The molecule has 0 bridgehead atoms. The number of ketones is 1. The van der Waals surface area contributed by atoms with Crippen LogP contribution in [-0.2, 0) is 6.54 Å². The van der Waals surface area contributed by atoms with Gasteiger partial charge in [0, 0.05) is 48.2 Å². The SMILES string of the molecule is CCC(=O)c1cccc(Cn2ccc(-c3cc(-c4cnc(OC)nc4OC)nnc3C)c2)c1. The van der Waals surface area contributed by atoms with Crippen molar-refractivity contribution in [1.82, 2.24) is 24.7 Å². The molecule has 0 amide bonds. The van der Waals surface area contributed by atoms with E-state index in [4.69, 9.17) is 9.47 Å². The molecule has 0 aliphatic rings. The molecule has 0 atom stereocenters. The summed E-state index contributed by atoms with van der Waals surface area (Å²) in [4.78, 5) is 20.4. The molecule has 0 saturated carbocycles. The second kappa shape index (κ2) is 9.60. The predicted molar refractivity (Wildman–Crippen MR) is 124 cm³/mol. The average molecular weight is 444 g/mol. The highest BCUT2D eigenvalue weighted by Gasteiger charge is 2.15. The van der Waals surface area contributed by atoms with E-state index in [-0.39, 0.29) is 11.8 Å². The Morgan fingerprint density at radius 3 is 2.67 bits per heavy atom. The summed E-state index contributed by atoms with van der Waals surface area (Å²) in [5.41, 5.74) is 5.82. The van der Waals surface area contributed by atoms with Gasteiger partial charge in [-0.1, -0.05) is 25.1 Å². The fourth-order valence-corrected chi connectivity index (χ4v) is 3.61. The first kappa shape index (κ1) is 22.1. The Labute approximate surface area is 192 Å². The van der Waals surface area contributed by atoms with Gasteiger partial charge >= 0.3 is 6.01 Å². The van der Waals surface area contributed by atoms with Gasteiger partial charge < -0.3 is 14.0 Å². The van der Waals surface area contributed by atoms with Crippen LogP contribution in [0.2, 0.25) is 0 Å². The lowest BCUT2D eigenvalue weighted by Gasteiger charge is -2.09. The molecular formula is C25H25N5O3. The van der Waals surface area contributed by atoms with E-state index in [9.17, 15) is 4.79 Å². The first-order chi connectivity index (χ1) is 16.0. The lowest BCUT2D eigenvalue weighted by Crippen LogP contribution is -2.01. The van der Waals surface area contributed by atoms with Gasteiger partial charge in [-0.25, -0.2) is 4.98 Å². The fraction of sp³-hybridized carbons (Fsp3) is 0.240. The van der Waals surface area contributed by atoms with Crippen molar-refractivity contribution in [2.75, 3.05) is 14.2 Å². The first-order valence-electron chi connectivity index (χ1n) is 10.6. The minimum Gasteiger partial charge on any atom is -0.480 e. The summed E-state index contributed by atoms with van der Waals surface area (Å²) in [5, 5.41) is 8.66. The van der Waals surface area contributed by atoms with E-state index in [0.29, 0.717) is 30.1 Å². The van der Waals surface area contributed by atoms with Crippen LogP contribution < -0.4 is 9.47 Å². The van der Waals surface area contributed by atoms with Crippen molar-refractivity contribution in [3.63, 3.8) is 0 Å². The number of carbonyl (C=O) groups excluding carboxylic acids is 1. The Balaban J connectivity index is 1.63. The van der Waals surface area contributed by atoms with E-state index in [1.165, 1.54) is 14.2 Å². The highest BCUT2D eigenvalue weighted by atomic mass is 16.5. The van der Waals surface area contributed by atoms with Crippen LogP contribution in [0.1, 0.15) is 35.0 Å². The highest BCUT2D eigenvalue weighted by molar-refractivity contribution is 5.95. The number of aryl methyl sites for hydroxylation is 1. The second-order valence-corrected chi connectivity index (χ2v) is 7.56. The van der Waals surface area contributed by atoms with Gasteiger partial charge in [0.25, 0.3) is 0 Å². The molecule has 0 unspecified atom stereocenters. The van der Waals surface area contributed by atoms with E-state index < -0.39 is 0 Å². The number of benzene rings is 1. The smallest absolute Gasteiger partial charge is 0.319 e. The van der Waals surface area contributed by atoms with Gasteiger partial charge in [0.05, 0.1) is 25.5 Å². The number of nitrogens with zero attached hydrogens (tertiary/aromatic N) is 5. The van der Waals surface area contributed by atoms with Crippen molar-refractivity contribution in [2.24, 2.45) is 0 Å². The molecular weight excluding hydrogens is 418 g/mol. The van der Waals surface area contributed by atoms with Gasteiger partial charge in [-0.2, -0.15) is 10.1 Å². The third kappa shape index (κ3) is 4.74. The quantitative estimate of drug-likeness (QED) is 0.373. The minimum absolute atomic E-state index is 0.147. The molecule has 33 heavy (non-hydrogen) atoms. The molecule has 168 valence electrons. The normalized spacial score (nSPS) is 10.8. The maximum Gasteiger partial charge on any atom is 0.319 e. The van der Waals surface area contributed by atoms with Crippen molar-refractivity contribution in [2.45, 2.75) is 26.8 Å². The van der Waals surface area contributed by atoms with Crippen LogP contribution in [0.3, 0.4) is 0 Å². The molecule has 0 spiro atoms. The van der Waals surface area contributed by atoms with E-state index in [1.54, 1.807) is 6.20 Å². The molecule has 8 nitrogen and oxygen atoms in total. The molecule has 0 aliphatic carbocycles. The van der Waals surface area contributed by atoms with Gasteiger partial charge in [0.1, 0.15) is 5.69 Å². The molecule has 0 N–H and O–H groups in total. The molecule has 0 saturated heterocycles. The molecule has 1 aromatic carbocycles. The zero-order valence-electron chi connectivity index (χ0n) is 19.1. The zero-order chi connectivity index (χ0) is 23.4. The van der Waals surface area contributed by atoms with Crippen molar-refractivity contribution in [1.29, 1.82) is 0 Å². The maximum absolute atomic E-state index is 12.0. The fourth-order valence-electron chi connectivity index (χ4n) is 3.61. The van der Waals surface area contributed by atoms with Crippen LogP contribution in [0, 0.1) is 6.92 Å². The number of hydrogen-bond acceptors (Lipinski definition) is 7. The van der Waals surface area contributed by atoms with Crippen LogP contribution in [0.15, 0.2) is 55.0 Å². The number of ether oxygens (including phenoxy) is 2. The predicted octanol–water partition coefficient (Wildman–Crippen LogP) is 4.37. The molecule has 4 rings (SSSR count). The maximum atomic E-state index is 12.0. The summed E-state index contributed by atoms with van der Waals surface area (Å²) < 4.78 is 12.6. The van der Waals surface area contributed by atoms with Gasteiger partial charge in [-0.05, 0) is 30.7 Å². The average Bonchev–Trinajstić information content (AvgIpc) is 3.31. The third-order valence-electron chi connectivity index (χ3n) is 5.36. The van der Waals surface area contributed by atoms with Gasteiger partial charge in [0.15, 0.2) is 5.78 Å². The molecule has 4 aromatic rings. The van der Waals surface area contributed by atoms with Crippen LogP contribution in [0.5, 0.6) is 11.9 Å². The number of rotatable bonds is 8. The molecule has 0 fully saturated rings. The largest absolute Gasteiger partial charge is 0.480 e. The van der Waals surface area contributed by atoms with Crippen LogP contribution in [0.25, 0.3) is 22.4 Å². The lowest BCUT2D eigenvalue weighted by molar-refractivity contribution is 0.0988. The van der Waals surface area contributed by atoms with E-state index in [2.05, 4.69) is 30.9 Å². The minimum atomic E-state index is 0.147. The van der Waals surface area contributed by atoms with E-state index >= 15 is 0 Å². The number of Topliss-reactive ketones (excluding diaryl/α,β-unsaturated/α-hetero) is 1. The summed E-state index contributed by atoms with van der Waals surface area (Å²) in [5.74, 6) is 0.513. The highest BCUT2D eigenvalue weighted by Crippen LogP contribution is 2.31. The molecule has 0 radical (unpaired) electrons. The topological polar surface area (TPSA) is 92.0 Å². The number of hydrogen-bond donors (Lipinski definition) is 0. The van der Waals surface area contributed by atoms with Crippen LogP contribution in [-0.4, -0.2) is 44.7 Å². The van der Waals surface area contributed by atoms with Crippen LogP contribution in [0.4, 0.5) is 0 Å². The Morgan fingerprint density at radius 1 is 1.06 bits per heavy atom. The van der Waals surface area contributed by atoms with Crippen molar-refractivity contribution >= 4 is 5.78 Å². The molecule has 8 heteroatoms. The summed E-state index contributed by atoms with van der Waals surface area (Å²) in [6.45, 7) is 4.46. The van der Waals surface area contributed by atoms with Crippen molar-refractivity contribution in [3.8, 4) is 34.3 Å². The number of aromatic nitrogens is 5. The van der Waals surface area contributed by atoms with Crippen molar-refractivity contribution < 1.29 is 14.3 Å². The lowest BCUT2D eigenvalue weighted by atomic mass is 10.1. The second-order valence-electron chi connectivity index (χ2n) is 7.56. The molecule has 0 aliphatic heterocycles. The third-order valence-corrected chi connectivity index (χ3v) is 5.36. The summed E-state index contributed by atoms with van der Waals surface area (Å²) in [6, 6.07) is 12.0. The zero-order valence-corrected chi connectivity index (χ0v) is 19.1. The Bertz CT molecular complexity index is 1300. The Hall–Kier alpha value is -4.07. The van der Waals surface area contributed by atoms with E-state index in [0.717, 1.165) is 27.9 Å². The monoisotopic (exact) mass is 443 g/mol. The van der Waals surface area contributed by atoms with Gasteiger partial charge in [0.2, 0.25) is 5.88 Å². The molecule has 3 heterocycles. The van der Waals surface area contributed by atoms with Crippen molar-refractivity contribution in [3.05, 3.63) is 71.8 Å². The number of carbonyl (C=O) groups is 1. The first-order valence-corrected chi connectivity index (χ1v) is 10.6. The number of methoxy groups -OCH3 is 2. The molecule has 3 aromatic heterocycles. The van der Waals surface area contributed by atoms with E-state index in [1.807, 2.05) is 56.4 Å². The van der Waals surface area contributed by atoms with Gasteiger partial charge in [-0.15, -0.1) is 5.10 Å². The van der Waals surface area contributed by atoms with Gasteiger partial charge in [-0.3, -0.25) is 4.79 Å². The summed E-state index contributed by atoms with van der Waals surface area (Å²) >= 11 is 0.